The predicted octanol–water partition coefficient (Wildman–Crippen LogP) is 1.17. The fraction of sp³-hybridized carbons (Fsp3) is 0.190. The Morgan fingerprint density at radius 1 is 1.06 bits per heavy atom. The number of aromatic hydroxyl groups is 2. The molecule has 2 aromatic carbocycles. The largest absolute Gasteiger partial charge is 0.508 e. The number of carboxylic acids is 2. The van der Waals surface area contributed by atoms with E-state index >= 15 is 0 Å². The highest BCUT2D eigenvalue weighted by molar-refractivity contribution is 5.93. The molecule has 2 aromatic rings. The number of benzene rings is 2. The van der Waals surface area contributed by atoms with Crippen LogP contribution in [0.5, 0.6) is 17.2 Å². The van der Waals surface area contributed by atoms with Gasteiger partial charge in [0.15, 0.2) is 11.5 Å². The molecule has 0 aliphatic heterocycles. The zero-order valence-electron chi connectivity index (χ0n) is 16.3. The third-order valence-electron chi connectivity index (χ3n) is 4.29. The van der Waals surface area contributed by atoms with Crippen LogP contribution in [0.4, 0.5) is 0 Å². The zero-order chi connectivity index (χ0) is 23.2. The number of ether oxygens (including phenoxy) is 2. The summed E-state index contributed by atoms with van der Waals surface area (Å²) < 4.78 is 9.63. The number of phenolic OH excluding ortho intramolecular Hbond substituents is 2. The van der Waals surface area contributed by atoms with Crippen molar-refractivity contribution < 1.29 is 49.4 Å². The number of esters is 1. The molecule has 0 saturated heterocycles. The fourth-order valence-electron chi connectivity index (χ4n) is 2.69. The first kappa shape index (κ1) is 23.2. The average molecular weight is 432 g/mol. The monoisotopic (exact) mass is 432 g/mol. The van der Waals surface area contributed by atoms with E-state index in [1.807, 2.05) is 0 Å². The third-order valence-corrected chi connectivity index (χ3v) is 4.29. The SMILES string of the molecule is COc1ccc(C=CC(=O)OC(C(=O)O)C(O)(Cc2ccc(O)cc2)C(=O)O)cc1O. The molecule has 10 heteroatoms. The van der Waals surface area contributed by atoms with Gasteiger partial charge < -0.3 is 35.0 Å². The molecule has 0 bridgehead atoms. The van der Waals surface area contributed by atoms with E-state index in [0.717, 1.165) is 6.08 Å². The summed E-state index contributed by atoms with van der Waals surface area (Å²) in [6.07, 6.45) is -1.12. The topological polar surface area (TPSA) is 171 Å². The van der Waals surface area contributed by atoms with Crippen LogP contribution in [0.3, 0.4) is 0 Å². The number of rotatable bonds is 9. The number of methoxy groups -OCH3 is 1. The molecule has 0 aromatic heterocycles. The van der Waals surface area contributed by atoms with Crippen LogP contribution in [0.1, 0.15) is 11.1 Å². The van der Waals surface area contributed by atoms with E-state index < -0.39 is 36.0 Å². The van der Waals surface area contributed by atoms with Gasteiger partial charge in [-0.05, 0) is 41.5 Å². The maximum atomic E-state index is 12.1. The van der Waals surface area contributed by atoms with E-state index in [2.05, 4.69) is 0 Å². The lowest BCUT2D eigenvalue weighted by Crippen LogP contribution is -2.56. The molecule has 2 unspecified atom stereocenters. The summed E-state index contributed by atoms with van der Waals surface area (Å²) in [6, 6.07) is 9.24. The highest BCUT2D eigenvalue weighted by atomic mass is 16.6. The second-order valence-corrected chi connectivity index (χ2v) is 6.49. The van der Waals surface area contributed by atoms with Crippen LogP contribution in [0.2, 0.25) is 0 Å². The van der Waals surface area contributed by atoms with Gasteiger partial charge in [0.05, 0.1) is 7.11 Å². The first-order chi connectivity index (χ1) is 14.6. The molecule has 2 atom stereocenters. The smallest absolute Gasteiger partial charge is 0.348 e. The molecule has 10 nitrogen and oxygen atoms in total. The van der Waals surface area contributed by atoms with Gasteiger partial charge in [0.25, 0.3) is 0 Å². The minimum Gasteiger partial charge on any atom is -0.508 e. The molecular weight excluding hydrogens is 412 g/mol. The third kappa shape index (κ3) is 5.73. The maximum absolute atomic E-state index is 12.1. The molecule has 0 aliphatic rings. The molecular formula is C21H20O10. The van der Waals surface area contributed by atoms with Gasteiger partial charge >= 0.3 is 17.9 Å². The van der Waals surface area contributed by atoms with Crippen LogP contribution in [-0.4, -0.2) is 62.3 Å². The lowest BCUT2D eigenvalue weighted by atomic mass is 9.88. The number of aliphatic carboxylic acids is 2. The molecule has 0 heterocycles. The van der Waals surface area contributed by atoms with E-state index in [4.69, 9.17) is 9.47 Å². The van der Waals surface area contributed by atoms with Crippen LogP contribution in [0.25, 0.3) is 6.08 Å². The van der Waals surface area contributed by atoms with E-state index in [9.17, 15) is 39.9 Å². The van der Waals surface area contributed by atoms with Gasteiger partial charge in [0.2, 0.25) is 11.7 Å². The number of aliphatic hydroxyl groups is 1. The van der Waals surface area contributed by atoms with Crippen molar-refractivity contribution in [3.63, 3.8) is 0 Å². The first-order valence-corrected chi connectivity index (χ1v) is 8.79. The Morgan fingerprint density at radius 2 is 1.71 bits per heavy atom. The minimum absolute atomic E-state index is 0.112. The minimum atomic E-state index is -2.98. The van der Waals surface area contributed by atoms with E-state index in [1.165, 1.54) is 55.7 Å². The van der Waals surface area contributed by atoms with Gasteiger partial charge in [-0.25, -0.2) is 14.4 Å². The van der Waals surface area contributed by atoms with Crippen molar-refractivity contribution in [2.24, 2.45) is 0 Å². The summed E-state index contributed by atoms with van der Waals surface area (Å²) in [7, 11) is 1.36. The van der Waals surface area contributed by atoms with Crippen LogP contribution < -0.4 is 4.74 Å². The Labute approximate surface area is 176 Å². The second kappa shape index (κ2) is 9.63. The summed E-state index contributed by atoms with van der Waals surface area (Å²) in [5.74, 6) is -5.12. The normalized spacial score (nSPS) is 13.9. The molecule has 0 spiro atoms. The first-order valence-electron chi connectivity index (χ1n) is 8.79. The van der Waals surface area contributed by atoms with Crippen LogP contribution >= 0.6 is 0 Å². The van der Waals surface area contributed by atoms with Crippen molar-refractivity contribution in [2.45, 2.75) is 18.1 Å². The molecule has 0 aliphatic carbocycles. The van der Waals surface area contributed by atoms with Crippen LogP contribution in [-0.2, 0) is 25.5 Å². The molecule has 0 radical (unpaired) electrons. The zero-order valence-corrected chi connectivity index (χ0v) is 16.3. The van der Waals surface area contributed by atoms with E-state index in [-0.39, 0.29) is 22.8 Å². The molecule has 0 amide bonds. The summed E-state index contributed by atoms with van der Waals surface area (Å²) in [4.78, 5) is 35.4. The summed E-state index contributed by atoms with van der Waals surface area (Å²) >= 11 is 0. The number of phenols is 2. The summed E-state index contributed by atoms with van der Waals surface area (Å²) in [5.41, 5.74) is -2.45. The number of hydrogen-bond acceptors (Lipinski definition) is 8. The fourth-order valence-corrected chi connectivity index (χ4v) is 2.69. The Balaban J connectivity index is 2.23. The quantitative estimate of drug-likeness (QED) is 0.286. The number of carboxylic acid groups (broad SMARTS) is 2. The predicted molar refractivity (Wildman–Crippen MR) is 106 cm³/mol. The Bertz CT molecular complexity index is 996. The highest BCUT2D eigenvalue weighted by Gasteiger charge is 2.51. The Morgan fingerprint density at radius 3 is 2.23 bits per heavy atom. The van der Waals surface area contributed by atoms with E-state index in [0.29, 0.717) is 5.56 Å². The van der Waals surface area contributed by atoms with Gasteiger partial charge in [-0.3, -0.25) is 0 Å². The number of carbonyl (C=O) groups excluding carboxylic acids is 1. The summed E-state index contributed by atoms with van der Waals surface area (Å²) in [5, 5.41) is 48.5. The molecule has 5 N–H and O–H groups in total. The van der Waals surface area contributed by atoms with E-state index in [1.54, 1.807) is 0 Å². The highest BCUT2D eigenvalue weighted by Crippen LogP contribution is 2.27. The lowest BCUT2D eigenvalue weighted by molar-refractivity contribution is -0.192. The molecule has 2 rings (SSSR count). The maximum Gasteiger partial charge on any atom is 0.348 e. The van der Waals surface area contributed by atoms with Gasteiger partial charge in [-0.2, -0.15) is 0 Å². The van der Waals surface area contributed by atoms with Crippen molar-refractivity contribution in [1.29, 1.82) is 0 Å². The van der Waals surface area contributed by atoms with Crippen molar-refractivity contribution >= 4 is 24.0 Å². The van der Waals surface area contributed by atoms with Gasteiger partial charge in [-0.15, -0.1) is 0 Å². The lowest BCUT2D eigenvalue weighted by Gasteiger charge is -2.29. The molecule has 31 heavy (non-hydrogen) atoms. The van der Waals surface area contributed by atoms with Gasteiger partial charge in [0.1, 0.15) is 5.75 Å². The van der Waals surface area contributed by atoms with Gasteiger partial charge in [0, 0.05) is 12.5 Å². The van der Waals surface area contributed by atoms with Crippen LogP contribution in [0.15, 0.2) is 48.5 Å². The summed E-state index contributed by atoms with van der Waals surface area (Å²) in [6.45, 7) is 0. The Hall–Kier alpha value is -4.05. The Kier molecular flexibility index (Phi) is 7.22. The number of hydrogen-bond donors (Lipinski definition) is 5. The number of carbonyl (C=O) groups is 3. The molecule has 0 saturated carbocycles. The average Bonchev–Trinajstić information content (AvgIpc) is 2.71. The van der Waals surface area contributed by atoms with Crippen LogP contribution in [0, 0.1) is 0 Å². The molecule has 0 fully saturated rings. The van der Waals surface area contributed by atoms with Gasteiger partial charge in [-0.1, -0.05) is 18.2 Å². The van der Waals surface area contributed by atoms with Crippen molar-refractivity contribution in [1.82, 2.24) is 0 Å². The second-order valence-electron chi connectivity index (χ2n) is 6.49. The van der Waals surface area contributed by atoms with Crippen molar-refractivity contribution in [3.8, 4) is 17.2 Å². The van der Waals surface area contributed by atoms with Crippen molar-refractivity contribution in [2.75, 3.05) is 7.11 Å². The van der Waals surface area contributed by atoms with Crippen molar-refractivity contribution in [3.05, 3.63) is 59.7 Å². The standard InChI is InChI=1S/C21H20O10/c1-30-16-8-4-12(10-15(16)23)5-9-17(24)31-18(19(25)26)21(29,20(27)28)11-13-2-6-14(22)7-3-13/h2-10,18,22-23,29H,11H2,1H3,(H,25,26)(H,27,28). The molecule has 164 valence electrons.